The molecule has 1 aliphatic heterocycles. The molecule has 3 rings (SSSR count). The second-order valence-corrected chi connectivity index (χ2v) is 6.34. The molecule has 1 amide bonds. The van der Waals surface area contributed by atoms with Crippen molar-refractivity contribution in [2.45, 2.75) is 31.5 Å². The number of ether oxygens (including phenoxy) is 1. The van der Waals surface area contributed by atoms with Crippen LogP contribution < -0.4 is 5.32 Å². The van der Waals surface area contributed by atoms with Gasteiger partial charge >= 0.3 is 0 Å². The molecular formula is C15H18Cl2N2O2. The van der Waals surface area contributed by atoms with Crippen molar-refractivity contribution in [1.29, 1.82) is 0 Å². The highest BCUT2D eigenvalue weighted by molar-refractivity contribution is 6.42. The molecule has 1 saturated heterocycles. The molecule has 4 nitrogen and oxygen atoms in total. The Labute approximate surface area is 134 Å². The third kappa shape index (κ3) is 3.69. The standard InChI is InChI=1S/C15H18Cl2N2O2/c16-12-4-1-10(7-13(12)17)8-19(11-2-3-11)15(20)14-9-21-6-5-18-14/h1,4,7,11,14,18H,2-3,5-6,8-9H2. The molecule has 1 aromatic carbocycles. The van der Waals surface area contributed by atoms with Crippen LogP contribution in [0.5, 0.6) is 0 Å². The first-order chi connectivity index (χ1) is 10.1. The minimum atomic E-state index is -0.234. The number of halogens is 2. The number of benzene rings is 1. The summed E-state index contributed by atoms with van der Waals surface area (Å²) in [6, 6.07) is 5.63. The van der Waals surface area contributed by atoms with Crippen LogP contribution in [0.4, 0.5) is 0 Å². The van der Waals surface area contributed by atoms with Crippen LogP contribution in [-0.2, 0) is 16.1 Å². The van der Waals surface area contributed by atoms with E-state index in [9.17, 15) is 4.79 Å². The third-order valence-corrected chi connectivity index (χ3v) is 4.57. The van der Waals surface area contributed by atoms with Gasteiger partial charge in [0, 0.05) is 19.1 Å². The molecule has 21 heavy (non-hydrogen) atoms. The van der Waals surface area contributed by atoms with E-state index in [1.165, 1.54) is 0 Å². The normalized spacial score (nSPS) is 22.1. The van der Waals surface area contributed by atoms with E-state index in [1.807, 2.05) is 17.0 Å². The lowest BCUT2D eigenvalue weighted by Gasteiger charge is -2.30. The SMILES string of the molecule is O=C(C1COCCN1)N(Cc1ccc(Cl)c(Cl)c1)C1CC1. The fraction of sp³-hybridized carbons (Fsp3) is 0.533. The van der Waals surface area contributed by atoms with Crippen molar-refractivity contribution in [2.24, 2.45) is 0 Å². The molecule has 6 heteroatoms. The van der Waals surface area contributed by atoms with E-state index >= 15 is 0 Å². The number of carbonyl (C=O) groups excluding carboxylic acids is 1. The van der Waals surface area contributed by atoms with Crippen molar-refractivity contribution >= 4 is 29.1 Å². The van der Waals surface area contributed by atoms with Gasteiger partial charge in [0.1, 0.15) is 6.04 Å². The number of morpholine rings is 1. The average Bonchev–Trinajstić information content (AvgIpc) is 3.33. The Morgan fingerprint density at radius 1 is 1.33 bits per heavy atom. The lowest BCUT2D eigenvalue weighted by molar-refractivity contribution is -0.137. The van der Waals surface area contributed by atoms with Gasteiger partial charge in [-0.15, -0.1) is 0 Å². The van der Waals surface area contributed by atoms with Gasteiger partial charge in [0.2, 0.25) is 5.91 Å². The van der Waals surface area contributed by atoms with E-state index in [2.05, 4.69) is 5.32 Å². The molecule has 2 aliphatic rings. The molecule has 1 unspecified atom stereocenters. The summed E-state index contributed by atoms with van der Waals surface area (Å²) in [6.07, 6.45) is 2.14. The van der Waals surface area contributed by atoms with Gasteiger partial charge in [-0.3, -0.25) is 4.79 Å². The number of hydrogen-bond acceptors (Lipinski definition) is 3. The maximum absolute atomic E-state index is 12.7. The zero-order valence-corrected chi connectivity index (χ0v) is 13.2. The van der Waals surface area contributed by atoms with E-state index in [1.54, 1.807) is 6.07 Å². The molecule has 114 valence electrons. The summed E-state index contributed by atoms with van der Waals surface area (Å²) in [5.74, 6) is 0.114. The highest BCUT2D eigenvalue weighted by Crippen LogP contribution is 2.30. The first-order valence-electron chi connectivity index (χ1n) is 7.20. The van der Waals surface area contributed by atoms with Crippen LogP contribution in [0.2, 0.25) is 10.0 Å². The molecule has 0 spiro atoms. The lowest BCUT2D eigenvalue weighted by atomic mass is 10.1. The van der Waals surface area contributed by atoms with Crippen molar-refractivity contribution < 1.29 is 9.53 Å². The molecule has 1 aliphatic carbocycles. The van der Waals surface area contributed by atoms with Crippen LogP contribution in [0.15, 0.2) is 18.2 Å². The predicted octanol–water partition coefficient (Wildman–Crippen LogP) is 2.47. The second kappa shape index (κ2) is 6.53. The Kier molecular flexibility index (Phi) is 4.69. The van der Waals surface area contributed by atoms with Crippen molar-refractivity contribution in [1.82, 2.24) is 10.2 Å². The maximum Gasteiger partial charge on any atom is 0.242 e. The highest BCUT2D eigenvalue weighted by atomic mass is 35.5. The van der Waals surface area contributed by atoms with Gasteiger partial charge in [-0.1, -0.05) is 29.3 Å². The van der Waals surface area contributed by atoms with Crippen LogP contribution in [0, 0.1) is 0 Å². The number of amides is 1. The molecular weight excluding hydrogens is 311 g/mol. The summed E-state index contributed by atoms with van der Waals surface area (Å²) in [7, 11) is 0. The predicted molar refractivity (Wildman–Crippen MR) is 82.6 cm³/mol. The number of nitrogens with one attached hydrogen (secondary N) is 1. The molecule has 0 aromatic heterocycles. The summed E-state index contributed by atoms with van der Waals surface area (Å²) >= 11 is 12.0. The van der Waals surface area contributed by atoms with Gasteiger partial charge in [-0.2, -0.15) is 0 Å². The Balaban J connectivity index is 1.71. The van der Waals surface area contributed by atoms with Gasteiger partial charge in [0.15, 0.2) is 0 Å². The number of carbonyl (C=O) groups is 1. The summed E-state index contributed by atoms with van der Waals surface area (Å²) in [4.78, 5) is 14.6. The van der Waals surface area contributed by atoms with E-state index in [0.29, 0.717) is 35.8 Å². The Bertz CT molecular complexity index is 528. The van der Waals surface area contributed by atoms with E-state index < -0.39 is 0 Å². The van der Waals surface area contributed by atoms with E-state index in [4.69, 9.17) is 27.9 Å². The number of rotatable bonds is 4. The van der Waals surface area contributed by atoms with Crippen LogP contribution in [0.1, 0.15) is 18.4 Å². The lowest BCUT2D eigenvalue weighted by Crippen LogP contribution is -2.52. The van der Waals surface area contributed by atoms with Crippen molar-refractivity contribution in [2.75, 3.05) is 19.8 Å². The molecule has 0 bridgehead atoms. The summed E-state index contributed by atoms with van der Waals surface area (Å²) in [5, 5.41) is 4.28. The fourth-order valence-corrected chi connectivity index (χ4v) is 2.85. The van der Waals surface area contributed by atoms with Crippen LogP contribution in [0.3, 0.4) is 0 Å². The average molecular weight is 329 g/mol. The quantitative estimate of drug-likeness (QED) is 0.923. The van der Waals surface area contributed by atoms with E-state index in [-0.39, 0.29) is 11.9 Å². The van der Waals surface area contributed by atoms with E-state index in [0.717, 1.165) is 24.9 Å². The first-order valence-corrected chi connectivity index (χ1v) is 7.96. The minimum absolute atomic E-state index is 0.114. The van der Waals surface area contributed by atoms with Gasteiger partial charge in [0.25, 0.3) is 0 Å². The van der Waals surface area contributed by atoms with Gasteiger partial charge in [0.05, 0.1) is 23.3 Å². The van der Waals surface area contributed by atoms with Crippen LogP contribution in [-0.4, -0.2) is 42.6 Å². The van der Waals surface area contributed by atoms with Gasteiger partial charge < -0.3 is 15.0 Å². The molecule has 1 atom stereocenters. The molecule has 1 saturated carbocycles. The number of hydrogen-bond donors (Lipinski definition) is 1. The summed E-state index contributed by atoms with van der Waals surface area (Å²) in [5.41, 5.74) is 1.00. The molecule has 1 heterocycles. The Morgan fingerprint density at radius 3 is 2.76 bits per heavy atom. The van der Waals surface area contributed by atoms with Crippen molar-refractivity contribution in [3.63, 3.8) is 0 Å². The number of nitrogens with zero attached hydrogens (tertiary/aromatic N) is 1. The summed E-state index contributed by atoms with van der Waals surface area (Å²) < 4.78 is 5.39. The van der Waals surface area contributed by atoms with Crippen molar-refractivity contribution in [3.05, 3.63) is 33.8 Å². The molecule has 2 fully saturated rings. The van der Waals surface area contributed by atoms with Crippen LogP contribution in [0.25, 0.3) is 0 Å². The smallest absolute Gasteiger partial charge is 0.242 e. The third-order valence-electron chi connectivity index (χ3n) is 3.83. The Hall–Kier alpha value is -0.810. The minimum Gasteiger partial charge on any atom is -0.378 e. The molecule has 0 radical (unpaired) electrons. The van der Waals surface area contributed by atoms with Gasteiger partial charge in [-0.05, 0) is 30.5 Å². The molecule has 1 N–H and O–H groups in total. The largest absolute Gasteiger partial charge is 0.378 e. The maximum atomic E-state index is 12.7. The zero-order valence-electron chi connectivity index (χ0n) is 11.6. The van der Waals surface area contributed by atoms with Crippen molar-refractivity contribution in [3.8, 4) is 0 Å². The zero-order chi connectivity index (χ0) is 14.8. The topological polar surface area (TPSA) is 41.6 Å². The summed E-state index contributed by atoms with van der Waals surface area (Å²) in [6.45, 7) is 2.41. The first kappa shape index (κ1) is 15.1. The van der Waals surface area contributed by atoms with Crippen LogP contribution >= 0.6 is 23.2 Å². The fourth-order valence-electron chi connectivity index (χ4n) is 2.53. The highest BCUT2D eigenvalue weighted by Gasteiger charge is 2.36. The molecule has 1 aromatic rings. The van der Waals surface area contributed by atoms with Gasteiger partial charge in [-0.25, -0.2) is 0 Å². The second-order valence-electron chi connectivity index (χ2n) is 5.53. The Morgan fingerprint density at radius 2 is 2.14 bits per heavy atom. The monoisotopic (exact) mass is 328 g/mol.